The van der Waals surface area contributed by atoms with Crippen molar-refractivity contribution in [1.82, 2.24) is 14.7 Å². The predicted molar refractivity (Wildman–Crippen MR) is 107 cm³/mol. The molecule has 0 saturated heterocycles. The van der Waals surface area contributed by atoms with E-state index in [1.165, 1.54) is 25.5 Å². The number of para-hydroxylation sites is 1. The summed E-state index contributed by atoms with van der Waals surface area (Å²) in [5, 5.41) is 4.93. The van der Waals surface area contributed by atoms with Crippen LogP contribution in [0, 0.1) is 5.92 Å². The fraction of sp³-hybridized carbons (Fsp3) is 0.591. The molecule has 0 bridgehead atoms. The first-order valence-electron chi connectivity index (χ1n) is 10.4. The quantitative estimate of drug-likeness (QED) is 0.781. The molecule has 0 N–H and O–H groups in total. The maximum Gasteiger partial charge on any atom is 0.224 e. The molecule has 1 aromatic heterocycles. The molecular formula is C22H29N3O2. The molecule has 27 heavy (non-hydrogen) atoms. The summed E-state index contributed by atoms with van der Waals surface area (Å²) >= 11 is 0. The van der Waals surface area contributed by atoms with Crippen LogP contribution in [-0.4, -0.2) is 32.7 Å². The van der Waals surface area contributed by atoms with Crippen molar-refractivity contribution in [2.45, 2.75) is 76.9 Å². The summed E-state index contributed by atoms with van der Waals surface area (Å²) in [4.78, 5) is 27.3. The fourth-order valence-electron chi connectivity index (χ4n) is 4.56. The van der Waals surface area contributed by atoms with Crippen molar-refractivity contribution in [3.8, 4) is 0 Å². The predicted octanol–water partition coefficient (Wildman–Crippen LogP) is 3.75. The van der Waals surface area contributed by atoms with E-state index in [4.69, 9.17) is 0 Å². The summed E-state index contributed by atoms with van der Waals surface area (Å²) in [5.74, 6) is 1.09. The van der Waals surface area contributed by atoms with Gasteiger partial charge in [0.25, 0.3) is 0 Å². The highest BCUT2D eigenvalue weighted by atomic mass is 16.2. The van der Waals surface area contributed by atoms with E-state index < -0.39 is 0 Å². The molecule has 144 valence electrons. The molecule has 1 heterocycles. The summed E-state index contributed by atoms with van der Waals surface area (Å²) < 4.78 is 1.80. The van der Waals surface area contributed by atoms with Crippen LogP contribution in [0.4, 0.5) is 0 Å². The number of amides is 1. The Kier molecular flexibility index (Phi) is 5.28. The van der Waals surface area contributed by atoms with Crippen molar-refractivity contribution in [2.24, 2.45) is 5.92 Å². The van der Waals surface area contributed by atoms with Gasteiger partial charge in [0, 0.05) is 23.9 Å². The van der Waals surface area contributed by atoms with Gasteiger partial charge in [0.15, 0.2) is 0 Å². The second-order valence-electron chi connectivity index (χ2n) is 8.11. The van der Waals surface area contributed by atoms with Gasteiger partial charge in [0.2, 0.25) is 11.3 Å². The number of carbonyl (C=O) groups excluding carboxylic acids is 1. The molecule has 4 rings (SSSR count). The molecule has 1 amide bonds. The van der Waals surface area contributed by atoms with Crippen LogP contribution in [0.25, 0.3) is 10.9 Å². The fourth-order valence-corrected chi connectivity index (χ4v) is 4.56. The highest BCUT2D eigenvalue weighted by Crippen LogP contribution is 2.36. The van der Waals surface area contributed by atoms with E-state index in [-0.39, 0.29) is 11.3 Å². The van der Waals surface area contributed by atoms with Crippen molar-refractivity contribution in [2.75, 3.05) is 0 Å². The van der Waals surface area contributed by atoms with Crippen molar-refractivity contribution in [3.63, 3.8) is 0 Å². The normalized spacial score (nSPS) is 22.7. The minimum absolute atomic E-state index is 0.0690. The van der Waals surface area contributed by atoms with Gasteiger partial charge in [-0.3, -0.25) is 14.3 Å². The minimum atomic E-state index is -0.0690. The van der Waals surface area contributed by atoms with E-state index in [1.54, 1.807) is 4.68 Å². The summed E-state index contributed by atoms with van der Waals surface area (Å²) in [7, 11) is 0. The standard InChI is InChI=1S/C22H29N3O2/c1-2-16-7-9-17(10-8-16)25(18-11-12-18)22(27)13-14-24-20-6-4-3-5-19(20)21(26)15-23-24/h3-6,15-18H,2,7-14H2,1H3. The van der Waals surface area contributed by atoms with Crippen molar-refractivity contribution >= 4 is 16.8 Å². The lowest BCUT2D eigenvalue weighted by Gasteiger charge is -2.37. The van der Waals surface area contributed by atoms with Crippen LogP contribution in [0.1, 0.15) is 58.3 Å². The molecule has 5 nitrogen and oxygen atoms in total. The number of aryl methyl sites for hydroxylation is 1. The molecule has 0 unspecified atom stereocenters. The zero-order valence-electron chi connectivity index (χ0n) is 16.1. The van der Waals surface area contributed by atoms with E-state index in [9.17, 15) is 9.59 Å². The summed E-state index contributed by atoms with van der Waals surface area (Å²) in [6.07, 6.45) is 10.2. The molecule has 2 aromatic rings. The summed E-state index contributed by atoms with van der Waals surface area (Å²) in [6.45, 7) is 2.80. The van der Waals surface area contributed by atoms with Gasteiger partial charge in [0.1, 0.15) is 0 Å². The second kappa shape index (κ2) is 7.83. The Morgan fingerprint density at radius 2 is 1.78 bits per heavy atom. The molecule has 0 radical (unpaired) electrons. The SMILES string of the molecule is CCC1CCC(N(C(=O)CCn2ncc(=O)c3ccccc32)C2CC2)CC1. The van der Waals surface area contributed by atoms with Gasteiger partial charge in [-0.15, -0.1) is 0 Å². The Bertz CT molecular complexity index is 863. The molecule has 2 aliphatic rings. The van der Waals surface area contributed by atoms with Crippen molar-refractivity contribution in [3.05, 3.63) is 40.7 Å². The molecule has 1 aromatic carbocycles. The van der Waals surface area contributed by atoms with E-state index >= 15 is 0 Å². The third kappa shape index (κ3) is 3.92. The van der Waals surface area contributed by atoms with Crippen LogP contribution in [-0.2, 0) is 11.3 Å². The Hall–Kier alpha value is -2.17. The zero-order chi connectivity index (χ0) is 18.8. The van der Waals surface area contributed by atoms with Gasteiger partial charge in [-0.25, -0.2) is 0 Å². The highest BCUT2D eigenvalue weighted by molar-refractivity contribution is 5.79. The molecule has 0 aliphatic heterocycles. The number of fused-ring (bicyclic) bond motifs is 1. The van der Waals surface area contributed by atoms with Crippen LogP contribution in [0.5, 0.6) is 0 Å². The van der Waals surface area contributed by atoms with Gasteiger partial charge in [0.05, 0.1) is 18.3 Å². The molecule has 0 atom stereocenters. The third-order valence-electron chi connectivity index (χ3n) is 6.31. The number of aromatic nitrogens is 2. The van der Waals surface area contributed by atoms with Gasteiger partial charge >= 0.3 is 0 Å². The Balaban J connectivity index is 1.45. The van der Waals surface area contributed by atoms with E-state index in [0.717, 1.165) is 37.1 Å². The second-order valence-corrected chi connectivity index (χ2v) is 8.11. The average Bonchev–Trinajstić information content (AvgIpc) is 3.53. The first kappa shape index (κ1) is 18.2. The lowest BCUT2D eigenvalue weighted by atomic mass is 9.83. The third-order valence-corrected chi connectivity index (χ3v) is 6.31. The number of nitrogens with zero attached hydrogens (tertiary/aromatic N) is 3. The maximum absolute atomic E-state index is 13.1. The van der Waals surface area contributed by atoms with Gasteiger partial charge in [-0.05, 0) is 56.6 Å². The van der Waals surface area contributed by atoms with E-state index in [2.05, 4.69) is 16.9 Å². The summed E-state index contributed by atoms with van der Waals surface area (Å²) in [5.41, 5.74) is 0.736. The number of rotatable bonds is 6. The Morgan fingerprint density at radius 1 is 1.11 bits per heavy atom. The van der Waals surface area contributed by atoms with Crippen molar-refractivity contribution < 1.29 is 4.79 Å². The van der Waals surface area contributed by atoms with E-state index in [1.807, 2.05) is 24.3 Å². The topological polar surface area (TPSA) is 55.2 Å². The van der Waals surface area contributed by atoms with Crippen LogP contribution < -0.4 is 5.43 Å². The van der Waals surface area contributed by atoms with Crippen molar-refractivity contribution in [1.29, 1.82) is 0 Å². The molecule has 2 saturated carbocycles. The molecule has 0 spiro atoms. The number of hydrogen-bond acceptors (Lipinski definition) is 3. The lowest BCUT2D eigenvalue weighted by molar-refractivity contribution is -0.135. The summed E-state index contributed by atoms with van der Waals surface area (Å²) in [6, 6.07) is 8.37. The minimum Gasteiger partial charge on any atom is -0.337 e. The highest BCUT2D eigenvalue weighted by Gasteiger charge is 2.38. The molecule has 2 fully saturated rings. The Labute approximate surface area is 160 Å². The monoisotopic (exact) mass is 367 g/mol. The van der Waals surface area contributed by atoms with Crippen LogP contribution >= 0.6 is 0 Å². The van der Waals surface area contributed by atoms with Gasteiger partial charge in [-0.2, -0.15) is 5.10 Å². The van der Waals surface area contributed by atoms with Crippen LogP contribution in [0.2, 0.25) is 0 Å². The first-order valence-corrected chi connectivity index (χ1v) is 10.4. The largest absolute Gasteiger partial charge is 0.337 e. The van der Waals surface area contributed by atoms with Gasteiger partial charge < -0.3 is 4.90 Å². The molecule has 5 heteroatoms. The maximum atomic E-state index is 13.1. The lowest BCUT2D eigenvalue weighted by Crippen LogP contribution is -2.44. The van der Waals surface area contributed by atoms with Gasteiger partial charge in [-0.1, -0.05) is 25.5 Å². The number of benzene rings is 1. The van der Waals surface area contributed by atoms with Crippen LogP contribution in [0.15, 0.2) is 35.3 Å². The molecule has 2 aliphatic carbocycles. The average molecular weight is 367 g/mol. The molecular weight excluding hydrogens is 338 g/mol. The zero-order valence-corrected chi connectivity index (χ0v) is 16.1. The first-order chi connectivity index (χ1) is 13.2. The smallest absolute Gasteiger partial charge is 0.224 e. The van der Waals surface area contributed by atoms with Crippen LogP contribution in [0.3, 0.4) is 0 Å². The number of carbonyl (C=O) groups is 1. The van der Waals surface area contributed by atoms with E-state index in [0.29, 0.717) is 30.4 Å². The number of hydrogen-bond donors (Lipinski definition) is 0. The Morgan fingerprint density at radius 3 is 2.44 bits per heavy atom.